The summed E-state index contributed by atoms with van der Waals surface area (Å²) < 4.78 is 11.2. The van der Waals surface area contributed by atoms with E-state index in [2.05, 4.69) is 0 Å². The Bertz CT molecular complexity index is 374. The predicted molar refractivity (Wildman–Crippen MR) is 76.2 cm³/mol. The molecule has 1 atom stereocenters. The van der Waals surface area contributed by atoms with E-state index < -0.39 is 0 Å². The third kappa shape index (κ3) is 3.17. The lowest BCUT2D eigenvalue weighted by molar-refractivity contribution is -0.138. The predicted octanol–water partition coefficient (Wildman–Crippen LogP) is 2.49. The summed E-state index contributed by atoms with van der Waals surface area (Å²) in [5, 5.41) is 0. The maximum absolute atomic E-state index is 12.5. The molecule has 1 aliphatic carbocycles. The second-order valence-corrected chi connectivity index (χ2v) is 6.18. The van der Waals surface area contributed by atoms with E-state index >= 15 is 0 Å². The SMILES string of the molecule is O=C(C1=COCCC1)N1CCOC(C2CCCCC2)C1. The molecule has 1 saturated heterocycles. The van der Waals surface area contributed by atoms with Crippen LogP contribution >= 0.6 is 0 Å². The van der Waals surface area contributed by atoms with Crippen molar-refractivity contribution in [3.8, 4) is 0 Å². The molecule has 3 rings (SSSR count). The van der Waals surface area contributed by atoms with Crippen LogP contribution in [0.3, 0.4) is 0 Å². The molecule has 0 aromatic heterocycles. The number of nitrogens with zero attached hydrogens (tertiary/aromatic N) is 1. The summed E-state index contributed by atoms with van der Waals surface area (Å²) in [5.74, 6) is 0.810. The van der Waals surface area contributed by atoms with Crippen LogP contribution in [0.15, 0.2) is 11.8 Å². The molecule has 0 N–H and O–H groups in total. The number of carbonyl (C=O) groups excluding carboxylic acids is 1. The van der Waals surface area contributed by atoms with Crippen molar-refractivity contribution in [1.29, 1.82) is 0 Å². The van der Waals surface area contributed by atoms with Crippen molar-refractivity contribution < 1.29 is 14.3 Å². The number of rotatable bonds is 2. The highest BCUT2D eigenvalue weighted by Crippen LogP contribution is 2.30. The molecule has 2 fully saturated rings. The van der Waals surface area contributed by atoms with Gasteiger partial charge in [-0.15, -0.1) is 0 Å². The fourth-order valence-corrected chi connectivity index (χ4v) is 3.58. The molecule has 0 aromatic rings. The van der Waals surface area contributed by atoms with Crippen LogP contribution in [-0.4, -0.2) is 43.2 Å². The Morgan fingerprint density at radius 2 is 2.00 bits per heavy atom. The fraction of sp³-hybridized carbons (Fsp3) is 0.812. The number of morpholine rings is 1. The first-order valence-corrected chi connectivity index (χ1v) is 8.06. The van der Waals surface area contributed by atoms with Gasteiger partial charge < -0.3 is 14.4 Å². The number of carbonyl (C=O) groups is 1. The van der Waals surface area contributed by atoms with Crippen LogP contribution in [0.2, 0.25) is 0 Å². The zero-order valence-electron chi connectivity index (χ0n) is 12.2. The summed E-state index contributed by atoms with van der Waals surface area (Å²) in [6.45, 7) is 2.91. The zero-order chi connectivity index (χ0) is 13.8. The van der Waals surface area contributed by atoms with Crippen LogP contribution in [0, 0.1) is 5.92 Å². The van der Waals surface area contributed by atoms with Gasteiger partial charge >= 0.3 is 0 Å². The average molecular weight is 279 g/mol. The molecule has 0 radical (unpaired) electrons. The van der Waals surface area contributed by atoms with E-state index in [1.54, 1.807) is 6.26 Å². The summed E-state index contributed by atoms with van der Waals surface area (Å²) in [4.78, 5) is 14.5. The Morgan fingerprint density at radius 1 is 1.15 bits per heavy atom. The minimum atomic E-state index is 0.161. The summed E-state index contributed by atoms with van der Waals surface area (Å²) in [6.07, 6.45) is 10.2. The van der Waals surface area contributed by atoms with Gasteiger partial charge in [-0.2, -0.15) is 0 Å². The number of ether oxygens (including phenoxy) is 2. The minimum Gasteiger partial charge on any atom is -0.501 e. The van der Waals surface area contributed by atoms with E-state index in [9.17, 15) is 4.79 Å². The van der Waals surface area contributed by atoms with Gasteiger partial charge in [-0.3, -0.25) is 4.79 Å². The fourth-order valence-electron chi connectivity index (χ4n) is 3.58. The van der Waals surface area contributed by atoms with Crippen molar-refractivity contribution in [3.05, 3.63) is 11.8 Å². The topological polar surface area (TPSA) is 38.8 Å². The van der Waals surface area contributed by atoms with Crippen LogP contribution in [0.5, 0.6) is 0 Å². The molecule has 112 valence electrons. The van der Waals surface area contributed by atoms with Crippen molar-refractivity contribution in [2.24, 2.45) is 5.92 Å². The Kier molecular flexibility index (Phi) is 4.61. The highest BCUT2D eigenvalue weighted by Gasteiger charge is 2.32. The van der Waals surface area contributed by atoms with Crippen LogP contribution < -0.4 is 0 Å². The maximum atomic E-state index is 12.5. The molecule has 1 amide bonds. The smallest absolute Gasteiger partial charge is 0.253 e. The van der Waals surface area contributed by atoms with Crippen molar-refractivity contribution in [2.75, 3.05) is 26.3 Å². The second kappa shape index (κ2) is 6.61. The molecular weight excluding hydrogens is 254 g/mol. The lowest BCUT2D eigenvalue weighted by Crippen LogP contribution is -2.49. The summed E-state index contributed by atoms with van der Waals surface area (Å²) >= 11 is 0. The van der Waals surface area contributed by atoms with Crippen LogP contribution in [0.1, 0.15) is 44.9 Å². The Morgan fingerprint density at radius 3 is 2.75 bits per heavy atom. The molecule has 0 bridgehead atoms. The Hall–Kier alpha value is -1.03. The van der Waals surface area contributed by atoms with Crippen molar-refractivity contribution in [1.82, 2.24) is 4.90 Å². The summed E-state index contributed by atoms with van der Waals surface area (Å²) in [7, 11) is 0. The van der Waals surface area contributed by atoms with Crippen LogP contribution in [-0.2, 0) is 14.3 Å². The molecule has 3 aliphatic rings. The van der Waals surface area contributed by atoms with E-state index in [0.717, 1.165) is 38.1 Å². The molecule has 1 saturated carbocycles. The van der Waals surface area contributed by atoms with Gasteiger partial charge in [0.05, 0.1) is 31.2 Å². The first-order valence-electron chi connectivity index (χ1n) is 8.06. The maximum Gasteiger partial charge on any atom is 0.253 e. The van der Waals surface area contributed by atoms with E-state index in [-0.39, 0.29) is 12.0 Å². The van der Waals surface area contributed by atoms with Gasteiger partial charge in [0.15, 0.2) is 0 Å². The first-order chi connectivity index (χ1) is 9.84. The molecule has 4 nitrogen and oxygen atoms in total. The summed E-state index contributed by atoms with van der Waals surface area (Å²) in [5.41, 5.74) is 0.834. The van der Waals surface area contributed by atoms with Gasteiger partial charge in [0.25, 0.3) is 5.91 Å². The molecular formula is C16H25NO3. The lowest BCUT2D eigenvalue weighted by atomic mass is 9.84. The normalized spacial score (nSPS) is 28.7. The first kappa shape index (κ1) is 13.9. The molecule has 1 unspecified atom stereocenters. The molecule has 20 heavy (non-hydrogen) atoms. The largest absolute Gasteiger partial charge is 0.501 e. The van der Waals surface area contributed by atoms with E-state index in [4.69, 9.17) is 9.47 Å². The van der Waals surface area contributed by atoms with E-state index in [0.29, 0.717) is 12.5 Å². The van der Waals surface area contributed by atoms with Gasteiger partial charge in [-0.1, -0.05) is 19.3 Å². The number of hydrogen-bond donors (Lipinski definition) is 0. The van der Waals surface area contributed by atoms with Gasteiger partial charge in [0.2, 0.25) is 0 Å². The lowest BCUT2D eigenvalue weighted by Gasteiger charge is -2.38. The Labute approximate surface area is 121 Å². The molecule has 0 spiro atoms. The Balaban J connectivity index is 1.59. The average Bonchev–Trinajstić information content (AvgIpc) is 2.56. The molecule has 2 aliphatic heterocycles. The quantitative estimate of drug-likeness (QED) is 0.779. The monoisotopic (exact) mass is 279 g/mol. The highest BCUT2D eigenvalue weighted by atomic mass is 16.5. The van der Waals surface area contributed by atoms with Gasteiger partial charge in [-0.05, 0) is 31.6 Å². The minimum absolute atomic E-state index is 0.161. The van der Waals surface area contributed by atoms with E-state index in [1.807, 2.05) is 4.90 Å². The second-order valence-electron chi connectivity index (χ2n) is 6.18. The van der Waals surface area contributed by atoms with Crippen molar-refractivity contribution >= 4 is 5.91 Å². The third-order valence-electron chi connectivity index (χ3n) is 4.76. The third-order valence-corrected chi connectivity index (χ3v) is 4.76. The van der Waals surface area contributed by atoms with Crippen molar-refractivity contribution in [3.63, 3.8) is 0 Å². The standard InChI is InChI=1S/C16H25NO3/c18-16(14-7-4-9-19-12-14)17-8-10-20-15(11-17)13-5-2-1-3-6-13/h12-13,15H,1-11H2. The van der Waals surface area contributed by atoms with E-state index in [1.165, 1.54) is 32.1 Å². The number of amides is 1. The van der Waals surface area contributed by atoms with Gasteiger partial charge in [-0.25, -0.2) is 0 Å². The molecule has 2 heterocycles. The van der Waals surface area contributed by atoms with Crippen LogP contribution in [0.25, 0.3) is 0 Å². The van der Waals surface area contributed by atoms with Crippen LogP contribution in [0.4, 0.5) is 0 Å². The highest BCUT2D eigenvalue weighted by molar-refractivity contribution is 5.93. The zero-order valence-corrected chi connectivity index (χ0v) is 12.2. The van der Waals surface area contributed by atoms with Crippen molar-refractivity contribution in [2.45, 2.75) is 51.0 Å². The molecule has 4 heteroatoms. The van der Waals surface area contributed by atoms with Gasteiger partial charge in [0, 0.05) is 13.1 Å². The summed E-state index contributed by atoms with van der Waals surface area (Å²) in [6, 6.07) is 0. The number of hydrogen-bond acceptors (Lipinski definition) is 3. The molecule has 0 aromatic carbocycles. The van der Waals surface area contributed by atoms with Gasteiger partial charge in [0.1, 0.15) is 0 Å².